The van der Waals surface area contributed by atoms with Gasteiger partial charge >= 0.3 is 0 Å². The van der Waals surface area contributed by atoms with Crippen LogP contribution in [-0.2, 0) is 5.41 Å². The van der Waals surface area contributed by atoms with Crippen LogP contribution in [0.25, 0.3) is 10.6 Å². The fourth-order valence-electron chi connectivity index (χ4n) is 2.17. The summed E-state index contributed by atoms with van der Waals surface area (Å²) in [6.07, 6.45) is 4.25. The Bertz CT molecular complexity index is 563. The van der Waals surface area contributed by atoms with Gasteiger partial charge in [0.25, 0.3) is 0 Å². The van der Waals surface area contributed by atoms with E-state index in [1.807, 2.05) is 19.3 Å². The standard InChI is InChI=1S/C13H14BrN3S/c1-15-8-13(3-4-13)12-16-5-2-10(17-12)11-6-9(14)7-18-11/h2,5-7,15H,3-4,8H2,1H3. The summed E-state index contributed by atoms with van der Waals surface area (Å²) in [7, 11) is 1.99. The average Bonchev–Trinajstić information content (AvgIpc) is 3.04. The maximum absolute atomic E-state index is 4.75. The van der Waals surface area contributed by atoms with Crippen LogP contribution in [-0.4, -0.2) is 23.6 Å². The lowest BCUT2D eigenvalue weighted by Gasteiger charge is -2.13. The highest BCUT2D eigenvalue weighted by molar-refractivity contribution is 9.10. The Hall–Kier alpha value is -0.780. The molecule has 1 aliphatic carbocycles. The van der Waals surface area contributed by atoms with Crippen molar-refractivity contribution in [2.45, 2.75) is 18.3 Å². The van der Waals surface area contributed by atoms with Crippen LogP contribution < -0.4 is 5.32 Å². The van der Waals surface area contributed by atoms with Crippen LogP contribution in [0.3, 0.4) is 0 Å². The molecule has 0 unspecified atom stereocenters. The van der Waals surface area contributed by atoms with Gasteiger partial charge in [-0.2, -0.15) is 0 Å². The summed E-state index contributed by atoms with van der Waals surface area (Å²) in [6, 6.07) is 4.09. The van der Waals surface area contributed by atoms with E-state index in [9.17, 15) is 0 Å². The Morgan fingerprint density at radius 2 is 2.33 bits per heavy atom. The molecule has 0 amide bonds. The minimum Gasteiger partial charge on any atom is -0.319 e. The first-order chi connectivity index (χ1) is 8.73. The molecular weight excluding hydrogens is 310 g/mol. The molecule has 0 saturated heterocycles. The number of rotatable bonds is 4. The predicted octanol–water partition coefficient (Wildman–Crippen LogP) is 3.22. The first-order valence-corrected chi connectivity index (χ1v) is 7.63. The average molecular weight is 324 g/mol. The van der Waals surface area contributed by atoms with E-state index in [1.165, 1.54) is 17.7 Å². The second-order valence-electron chi connectivity index (χ2n) is 4.71. The van der Waals surface area contributed by atoms with Crippen molar-refractivity contribution in [3.8, 4) is 10.6 Å². The van der Waals surface area contributed by atoms with Gasteiger partial charge < -0.3 is 5.32 Å². The van der Waals surface area contributed by atoms with Crippen molar-refractivity contribution < 1.29 is 0 Å². The van der Waals surface area contributed by atoms with Crippen molar-refractivity contribution in [2.75, 3.05) is 13.6 Å². The van der Waals surface area contributed by atoms with Crippen molar-refractivity contribution >= 4 is 27.3 Å². The number of hydrogen-bond donors (Lipinski definition) is 1. The lowest BCUT2D eigenvalue weighted by molar-refractivity contribution is 0.588. The molecule has 2 aromatic heterocycles. The zero-order chi connectivity index (χ0) is 12.6. The third-order valence-electron chi connectivity index (χ3n) is 3.32. The summed E-state index contributed by atoms with van der Waals surface area (Å²) in [4.78, 5) is 10.4. The number of thiophene rings is 1. The molecule has 0 bridgehead atoms. The number of likely N-dealkylation sites (N-methyl/N-ethyl adjacent to an activating group) is 1. The Morgan fingerprint density at radius 3 is 2.94 bits per heavy atom. The zero-order valence-electron chi connectivity index (χ0n) is 10.1. The van der Waals surface area contributed by atoms with Gasteiger partial charge in [0.2, 0.25) is 0 Å². The number of nitrogens with one attached hydrogen (secondary N) is 1. The highest BCUT2D eigenvalue weighted by atomic mass is 79.9. The summed E-state index contributed by atoms with van der Waals surface area (Å²) in [6.45, 7) is 0.963. The molecule has 0 spiro atoms. The summed E-state index contributed by atoms with van der Waals surface area (Å²) in [5.41, 5.74) is 1.21. The van der Waals surface area contributed by atoms with E-state index in [0.717, 1.165) is 22.5 Å². The van der Waals surface area contributed by atoms with E-state index in [4.69, 9.17) is 4.98 Å². The van der Waals surface area contributed by atoms with Crippen LogP contribution in [0.15, 0.2) is 28.2 Å². The summed E-state index contributed by atoms with van der Waals surface area (Å²) < 4.78 is 1.11. The van der Waals surface area contributed by atoms with Crippen molar-refractivity contribution in [3.63, 3.8) is 0 Å². The molecular formula is C13H14BrN3S. The number of aromatic nitrogens is 2. The topological polar surface area (TPSA) is 37.8 Å². The predicted molar refractivity (Wildman–Crippen MR) is 77.9 cm³/mol. The first kappa shape index (κ1) is 12.3. The lowest BCUT2D eigenvalue weighted by atomic mass is 10.1. The second-order valence-corrected chi connectivity index (χ2v) is 6.53. The molecule has 94 valence electrons. The van der Waals surface area contributed by atoms with Gasteiger partial charge in [-0.25, -0.2) is 9.97 Å². The molecule has 1 fully saturated rings. The lowest BCUT2D eigenvalue weighted by Crippen LogP contribution is -2.25. The third-order valence-corrected chi connectivity index (χ3v) is 5.03. The quantitative estimate of drug-likeness (QED) is 0.938. The molecule has 0 atom stereocenters. The minimum absolute atomic E-state index is 0.180. The summed E-state index contributed by atoms with van der Waals surface area (Å²) in [5.74, 6) is 0.985. The summed E-state index contributed by atoms with van der Waals surface area (Å²) in [5, 5.41) is 5.33. The van der Waals surface area contributed by atoms with Gasteiger partial charge in [-0.05, 0) is 48.0 Å². The van der Waals surface area contributed by atoms with Gasteiger partial charge in [0.1, 0.15) is 5.82 Å². The minimum atomic E-state index is 0.180. The molecule has 2 aromatic rings. The van der Waals surface area contributed by atoms with E-state index in [-0.39, 0.29) is 5.41 Å². The molecule has 3 rings (SSSR count). The molecule has 5 heteroatoms. The van der Waals surface area contributed by atoms with Crippen LogP contribution in [0.4, 0.5) is 0 Å². The van der Waals surface area contributed by atoms with Crippen molar-refractivity contribution in [1.29, 1.82) is 0 Å². The monoisotopic (exact) mass is 323 g/mol. The van der Waals surface area contributed by atoms with Crippen LogP contribution in [0.1, 0.15) is 18.7 Å². The number of halogens is 1. The van der Waals surface area contributed by atoms with Crippen LogP contribution in [0.5, 0.6) is 0 Å². The number of nitrogens with zero attached hydrogens (tertiary/aromatic N) is 2. The van der Waals surface area contributed by atoms with E-state index < -0.39 is 0 Å². The zero-order valence-corrected chi connectivity index (χ0v) is 12.5. The van der Waals surface area contributed by atoms with Gasteiger partial charge in [0.05, 0.1) is 10.6 Å². The molecule has 1 saturated carbocycles. The van der Waals surface area contributed by atoms with Gasteiger partial charge in [-0.1, -0.05) is 0 Å². The molecule has 0 radical (unpaired) electrons. The van der Waals surface area contributed by atoms with Crippen LogP contribution in [0.2, 0.25) is 0 Å². The highest BCUT2D eigenvalue weighted by Crippen LogP contribution is 2.46. The Kier molecular flexibility index (Phi) is 3.21. The molecule has 18 heavy (non-hydrogen) atoms. The van der Waals surface area contributed by atoms with Gasteiger partial charge in [-0.15, -0.1) is 11.3 Å². The van der Waals surface area contributed by atoms with E-state index >= 15 is 0 Å². The van der Waals surface area contributed by atoms with Crippen molar-refractivity contribution in [2.24, 2.45) is 0 Å². The SMILES string of the molecule is CNCC1(c2nccc(-c3cc(Br)cs3)n2)CC1. The largest absolute Gasteiger partial charge is 0.319 e. The fourth-order valence-corrected chi connectivity index (χ4v) is 3.57. The summed E-state index contributed by atoms with van der Waals surface area (Å²) >= 11 is 5.18. The van der Waals surface area contributed by atoms with Gasteiger partial charge in [0, 0.05) is 28.0 Å². The molecule has 1 N–H and O–H groups in total. The van der Waals surface area contributed by atoms with Crippen molar-refractivity contribution in [1.82, 2.24) is 15.3 Å². The van der Waals surface area contributed by atoms with E-state index in [0.29, 0.717) is 0 Å². The maximum Gasteiger partial charge on any atom is 0.136 e. The second kappa shape index (κ2) is 4.72. The molecule has 0 aromatic carbocycles. The van der Waals surface area contributed by atoms with E-state index in [1.54, 1.807) is 11.3 Å². The van der Waals surface area contributed by atoms with Crippen LogP contribution >= 0.6 is 27.3 Å². The van der Waals surface area contributed by atoms with E-state index in [2.05, 4.69) is 37.7 Å². The molecule has 0 aliphatic heterocycles. The molecule has 2 heterocycles. The number of hydrogen-bond acceptors (Lipinski definition) is 4. The fraction of sp³-hybridized carbons (Fsp3) is 0.385. The molecule has 3 nitrogen and oxygen atoms in total. The highest BCUT2D eigenvalue weighted by Gasteiger charge is 2.46. The Balaban J connectivity index is 1.95. The van der Waals surface area contributed by atoms with Crippen LogP contribution in [0, 0.1) is 0 Å². The Labute approximate surface area is 119 Å². The normalized spacial score (nSPS) is 16.8. The van der Waals surface area contributed by atoms with Crippen molar-refractivity contribution in [3.05, 3.63) is 34.0 Å². The van der Waals surface area contributed by atoms with Gasteiger partial charge in [0.15, 0.2) is 0 Å². The smallest absolute Gasteiger partial charge is 0.136 e. The third kappa shape index (κ3) is 2.22. The molecule has 1 aliphatic rings. The van der Waals surface area contributed by atoms with Gasteiger partial charge in [-0.3, -0.25) is 0 Å². The first-order valence-electron chi connectivity index (χ1n) is 5.96. The maximum atomic E-state index is 4.75. The Morgan fingerprint density at radius 1 is 1.50 bits per heavy atom.